The molecule has 0 saturated carbocycles. The number of hydrogen-bond acceptors (Lipinski definition) is 1. The number of benzene rings is 1. The number of aryl methyl sites for hydroxylation is 1. The van der Waals surface area contributed by atoms with E-state index in [4.69, 9.17) is 11.6 Å². The van der Waals surface area contributed by atoms with Crippen molar-refractivity contribution in [3.05, 3.63) is 34.6 Å². The molecule has 18 heavy (non-hydrogen) atoms. The summed E-state index contributed by atoms with van der Waals surface area (Å²) in [4.78, 5) is 0. The van der Waals surface area contributed by atoms with Crippen LogP contribution in [0.4, 0.5) is 4.39 Å². The van der Waals surface area contributed by atoms with E-state index in [1.807, 2.05) is 0 Å². The summed E-state index contributed by atoms with van der Waals surface area (Å²) in [5.41, 5.74) is 0.770. The van der Waals surface area contributed by atoms with Gasteiger partial charge >= 0.3 is 0 Å². The third-order valence-electron chi connectivity index (χ3n) is 3.14. The van der Waals surface area contributed by atoms with E-state index >= 15 is 0 Å². The molecule has 0 fully saturated rings. The molecule has 0 spiro atoms. The fourth-order valence-corrected chi connectivity index (χ4v) is 2.41. The molecule has 0 bridgehead atoms. The Labute approximate surface area is 115 Å². The molecule has 3 heteroatoms. The van der Waals surface area contributed by atoms with Crippen molar-refractivity contribution in [1.29, 1.82) is 0 Å². The van der Waals surface area contributed by atoms with Gasteiger partial charge in [0.2, 0.25) is 0 Å². The minimum Gasteiger partial charge on any atom is -0.314 e. The highest BCUT2D eigenvalue weighted by atomic mass is 35.5. The first kappa shape index (κ1) is 15.5. The lowest BCUT2D eigenvalue weighted by Crippen LogP contribution is -2.28. The van der Waals surface area contributed by atoms with Gasteiger partial charge in [-0.25, -0.2) is 4.39 Å². The summed E-state index contributed by atoms with van der Waals surface area (Å²) in [7, 11) is 0. The molecule has 1 nitrogen and oxygen atoms in total. The lowest BCUT2D eigenvalue weighted by atomic mass is 10.0. The van der Waals surface area contributed by atoms with Gasteiger partial charge in [-0.3, -0.25) is 0 Å². The first-order valence-electron chi connectivity index (χ1n) is 6.84. The molecule has 0 saturated heterocycles. The second-order valence-electron chi connectivity index (χ2n) is 4.67. The van der Waals surface area contributed by atoms with Gasteiger partial charge in [-0.15, -0.1) is 0 Å². The smallest absolute Gasteiger partial charge is 0.127 e. The fourth-order valence-electron chi connectivity index (χ4n) is 2.25. The maximum atomic E-state index is 13.6. The Morgan fingerprint density at radius 3 is 2.67 bits per heavy atom. The van der Waals surface area contributed by atoms with Gasteiger partial charge in [0.05, 0.1) is 0 Å². The van der Waals surface area contributed by atoms with Crippen LogP contribution in [-0.4, -0.2) is 12.6 Å². The summed E-state index contributed by atoms with van der Waals surface area (Å²) in [5, 5.41) is 3.94. The van der Waals surface area contributed by atoms with Crippen LogP contribution in [0, 0.1) is 5.82 Å². The normalized spacial score (nSPS) is 12.7. The van der Waals surface area contributed by atoms with Crippen LogP contribution in [-0.2, 0) is 6.42 Å². The molecule has 0 aromatic heterocycles. The molecule has 0 aliphatic carbocycles. The molecule has 1 unspecified atom stereocenters. The zero-order valence-corrected chi connectivity index (χ0v) is 12.1. The van der Waals surface area contributed by atoms with E-state index in [1.54, 1.807) is 12.1 Å². The molecule has 1 aromatic rings. The van der Waals surface area contributed by atoms with Gasteiger partial charge < -0.3 is 5.32 Å². The van der Waals surface area contributed by atoms with E-state index in [-0.39, 0.29) is 5.82 Å². The maximum absolute atomic E-state index is 13.6. The Hall–Kier alpha value is -0.600. The van der Waals surface area contributed by atoms with Crippen LogP contribution in [0.15, 0.2) is 18.2 Å². The standard InChI is InChI=1S/C15H23ClFN/c1-3-6-14(18-4-2)8-5-7-12-9-10-13(16)11-15(12)17/h9-11,14,18H,3-8H2,1-2H3. The summed E-state index contributed by atoms with van der Waals surface area (Å²) in [6, 6.07) is 5.51. The van der Waals surface area contributed by atoms with E-state index in [0.717, 1.165) is 31.4 Å². The molecule has 1 aromatic carbocycles. The van der Waals surface area contributed by atoms with Crippen molar-refractivity contribution < 1.29 is 4.39 Å². The molecule has 1 rings (SSSR count). The Morgan fingerprint density at radius 2 is 2.06 bits per heavy atom. The van der Waals surface area contributed by atoms with Gasteiger partial charge in [-0.2, -0.15) is 0 Å². The predicted octanol–water partition coefficient (Wildman–Crippen LogP) is 4.58. The summed E-state index contributed by atoms with van der Waals surface area (Å²) in [6.45, 7) is 5.32. The maximum Gasteiger partial charge on any atom is 0.127 e. The number of hydrogen-bond donors (Lipinski definition) is 1. The van der Waals surface area contributed by atoms with Crippen LogP contribution in [0.3, 0.4) is 0 Å². The molecule has 0 radical (unpaired) electrons. The van der Waals surface area contributed by atoms with Crippen LogP contribution in [0.5, 0.6) is 0 Å². The average Bonchev–Trinajstić information content (AvgIpc) is 2.32. The van der Waals surface area contributed by atoms with Gasteiger partial charge in [0.15, 0.2) is 0 Å². The van der Waals surface area contributed by atoms with Crippen molar-refractivity contribution in [2.24, 2.45) is 0 Å². The van der Waals surface area contributed by atoms with Crippen molar-refractivity contribution in [1.82, 2.24) is 5.32 Å². The molecule has 0 amide bonds. The third-order valence-corrected chi connectivity index (χ3v) is 3.38. The van der Waals surface area contributed by atoms with Crippen molar-refractivity contribution in [2.45, 2.75) is 52.0 Å². The first-order valence-corrected chi connectivity index (χ1v) is 7.22. The van der Waals surface area contributed by atoms with Crippen molar-refractivity contribution in [3.8, 4) is 0 Å². The van der Waals surface area contributed by atoms with E-state index in [1.165, 1.54) is 18.9 Å². The summed E-state index contributed by atoms with van der Waals surface area (Å²) in [5.74, 6) is -0.182. The van der Waals surface area contributed by atoms with E-state index < -0.39 is 0 Å². The van der Waals surface area contributed by atoms with E-state index in [2.05, 4.69) is 19.2 Å². The Kier molecular flexibility index (Phi) is 7.29. The van der Waals surface area contributed by atoms with E-state index in [0.29, 0.717) is 11.1 Å². The van der Waals surface area contributed by atoms with Crippen molar-refractivity contribution in [2.75, 3.05) is 6.54 Å². The lowest BCUT2D eigenvalue weighted by molar-refractivity contribution is 0.445. The van der Waals surface area contributed by atoms with Crippen LogP contribution in [0.1, 0.15) is 45.1 Å². The number of nitrogens with one attached hydrogen (secondary N) is 1. The van der Waals surface area contributed by atoms with Crippen LogP contribution < -0.4 is 5.32 Å². The SMILES string of the molecule is CCCC(CCCc1ccc(Cl)cc1F)NCC. The minimum absolute atomic E-state index is 0.182. The lowest BCUT2D eigenvalue weighted by Gasteiger charge is -2.16. The average molecular weight is 272 g/mol. The van der Waals surface area contributed by atoms with Gasteiger partial charge in [0, 0.05) is 11.1 Å². The van der Waals surface area contributed by atoms with E-state index in [9.17, 15) is 4.39 Å². The van der Waals surface area contributed by atoms with Crippen LogP contribution in [0.2, 0.25) is 5.02 Å². The topological polar surface area (TPSA) is 12.0 Å². The third kappa shape index (κ3) is 5.36. The summed E-state index contributed by atoms with van der Waals surface area (Å²) < 4.78 is 13.6. The number of rotatable bonds is 8. The van der Waals surface area contributed by atoms with Gasteiger partial charge in [0.1, 0.15) is 5.82 Å². The van der Waals surface area contributed by atoms with Gasteiger partial charge in [0.25, 0.3) is 0 Å². The monoisotopic (exact) mass is 271 g/mol. The zero-order chi connectivity index (χ0) is 13.4. The summed E-state index contributed by atoms with van der Waals surface area (Å²) in [6.07, 6.45) is 5.28. The zero-order valence-electron chi connectivity index (χ0n) is 11.3. The van der Waals surface area contributed by atoms with Crippen molar-refractivity contribution in [3.63, 3.8) is 0 Å². The highest BCUT2D eigenvalue weighted by molar-refractivity contribution is 6.30. The van der Waals surface area contributed by atoms with Crippen molar-refractivity contribution >= 4 is 11.6 Å². The van der Waals surface area contributed by atoms with Crippen LogP contribution >= 0.6 is 11.6 Å². The molecule has 0 aliphatic rings. The quantitative estimate of drug-likeness (QED) is 0.730. The Morgan fingerprint density at radius 1 is 1.28 bits per heavy atom. The molecule has 0 heterocycles. The molecule has 102 valence electrons. The largest absolute Gasteiger partial charge is 0.314 e. The van der Waals surface area contributed by atoms with Gasteiger partial charge in [-0.1, -0.05) is 37.9 Å². The highest BCUT2D eigenvalue weighted by Crippen LogP contribution is 2.17. The summed E-state index contributed by atoms with van der Waals surface area (Å²) >= 11 is 5.73. The molecular weight excluding hydrogens is 249 g/mol. The Bertz CT molecular complexity index is 348. The molecule has 1 N–H and O–H groups in total. The van der Waals surface area contributed by atoms with Gasteiger partial charge in [-0.05, 0) is 49.9 Å². The second-order valence-corrected chi connectivity index (χ2v) is 5.11. The Balaban J connectivity index is 2.39. The minimum atomic E-state index is -0.182. The fraction of sp³-hybridized carbons (Fsp3) is 0.600. The first-order chi connectivity index (χ1) is 8.67. The number of halogens is 2. The highest BCUT2D eigenvalue weighted by Gasteiger charge is 2.07. The van der Waals surface area contributed by atoms with Crippen LogP contribution in [0.25, 0.3) is 0 Å². The molecule has 0 aliphatic heterocycles. The molecular formula is C15H23ClFN. The second kappa shape index (κ2) is 8.49. The predicted molar refractivity (Wildman–Crippen MR) is 76.7 cm³/mol. The molecule has 1 atom stereocenters.